The zero-order valence-corrected chi connectivity index (χ0v) is 8.13. The Kier molecular flexibility index (Phi) is 2.86. The van der Waals surface area contributed by atoms with Crippen molar-refractivity contribution in [1.82, 2.24) is 0 Å². The molecular weight excluding hydrogens is 166 g/mol. The number of nitrogens with two attached hydrogens (primary N) is 1. The predicted molar refractivity (Wildman–Crippen MR) is 50.5 cm³/mol. The SMILES string of the molecule is NCC1(CC2CCOCC2)COC1. The van der Waals surface area contributed by atoms with Crippen LogP contribution >= 0.6 is 0 Å². The molecule has 3 nitrogen and oxygen atoms in total. The molecule has 0 spiro atoms. The summed E-state index contributed by atoms with van der Waals surface area (Å²) in [4.78, 5) is 0. The minimum atomic E-state index is 0.321. The fourth-order valence-electron chi connectivity index (χ4n) is 2.27. The normalized spacial score (nSPS) is 28.4. The van der Waals surface area contributed by atoms with Crippen molar-refractivity contribution in [2.45, 2.75) is 19.3 Å². The molecule has 0 bridgehead atoms. The van der Waals surface area contributed by atoms with Crippen LogP contribution in [0.25, 0.3) is 0 Å². The van der Waals surface area contributed by atoms with Gasteiger partial charge in [0.15, 0.2) is 0 Å². The van der Waals surface area contributed by atoms with Crippen molar-refractivity contribution < 1.29 is 9.47 Å². The Hall–Kier alpha value is -0.120. The first kappa shape index (κ1) is 9.44. The molecule has 0 aromatic heterocycles. The van der Waals surface area contributed by atoms with Crippen molar-refractivity contribution in [2.75, 3.05) is 33.0 Å². The molecule has 13 heavy (non-hydrogen) atoms. The molecule has 2 aliphatic rings. The summed E-state index contributed by atoms with van der Waals surface area (Å²) in [5, 5.41) is 0. The number of rotatable bonds is 3. The molecule has 3 heteroatoms. The number of hydrogen-bond acceptors (Lipinski definition) is 3. The Morgan fingerprint density at radius 3 is 2.31 bits per heavy atom. The third-order valence-corrected chi connectivity index (χ3v) is 3.31. The highest BCUT2D eigenvalue weighted by Crippen LogP contribution is 2.36. The van der Waals surface area contributed by atoms with Crippen molar-refractivity contribution in [3.05, 3.63) is 0 Å². The van der Waals surface area contributed by atoms with E-state index >= 15 is 0 Å². The van der Waals surface area contributed by atoms with Crippen LogP contribution in [0.1, 0.15) is 19.3 Å². The molecule has 0 unspecified atom stereocenters. The predicted octanol–water partition coefficient (Wildman–Crippen LogP) is 0.778. The van der Waals surface area contributed by atoms with Crippen LogP contribution < -0.4 is 5.73 Å². The van der Waals surface area contributed by atoms with Gasteiger partial charge in [0.2, 0.25) is 0 Å². The molecule has 0 amide bonds. The average molecular weight is 185 g/mol. The van der Waals surface area contributed by atoms with Gasteiger partial charge in [0.05, 0.1) is 13.2 Å². The summed E-state index contributed by atoms with van der Waals surface area (Å²) in [6.07, 6.45) is 3.66. The summed E-state index contributed by atoms with van der Waals surface area (Å²) in [5.41, 5.74) is 6.10. The first-order chi connectivity index (χ1) is 6.35. The summed E-state index contributed by atoms with van der Waals surface area (Å²) in [7, 11) is 0. The van der Waals surface area contributed by atoms with E-state index in [4.69, 9.17) is 15.2 Å². The van der Waals surface area contributed by atoms with Gasteiger partial charge in [0, 0.05) is 25.2 Å². The molecule has 2 heterocycles. The maximum atomic E-state index is 5.77. The lowest BCUT2D eigenvalue weighted by atomic mass is 9.75. The molecule has 2 rings (SSSR count). The lowest BCUT2D eigenvalue weighted by Crippen LogP contribution is -2.49. The van der Waals surface area contributed by atoms with Gasteiger partial charge in [0.1, 0.15) is 0 Å². The first-order valence-electron chi connectivity index (χ1n) is 5.20. The second-order valence-corrected chi connectivity index (χ2v) is 4.46. The van der Waals surface area contributed by atoms with E-state index in [9.17, 15) is 0 Å². The van der Waals surface area contributed by atoms with Gasteiger partial charge in [-0.15, -0.1) is 0 Å². The highest BCUT2D eigenvalue weighted by atomic mass is 16.5. The zero-order valence-electron chi connectivity index (χ0n) is 8.13. The number of ether oxygens (including phenoxy) is 2. The fourth-order valence-corrected chi connectivity index (χ4v) is 2.27. The van der Waals surface area contributed by atoms with Crippen molar-refractivity contribution in [2.24, 2.45) is 17.1 Å². The molecule has 2 fully saturated rings. The molecule has 2 saturated heterocycles. The standard InChI is InChI=1S/C10H19NO2/c11-6-10(7-13-8-10)5-9-1-3-12-4-2-9/h9H,1-8,11H2. The smallest absolute Gasteiger partial charge is 0.0557 e. The van der Waals surface area contributed by atoms with E-state index in [1.54, 1.807) is 0 Å². The first-order valence-corrected chi connectivity index (χ1v) is 5.20. The molecule has 0 radical (unpaired) electrons. The molecule has 76 valence electrons. The lowest BCUT2D eigenvalue weighted by Gasteiger charge is -2.43. The summed E-state index contributed by atoms with van der Waals surface area (Å²) in [6.45, 7) is 4.41. The Morgan fingerprint density at radius 1 is 1.15 bits per heavy atom. The molecular formula is C10H19NO2. The zero-order chi connectivity index (χ0) is 9.15. The van der Waals surface area contributed by atoms with E-state index in [2.05, 4.69) is 0 Å². The summed E-state index contributed by atoms with van der Waals surface area (Å²) < 4.78 is 10.6. The van der Waals surface area contributed by atoms with Crippen LogP contribution in [0, 0.1) is 11.3 Å². The van der Waals surface area contributed by atoms with Crippen LogP contribution in [0.15, 0.2) is 0 Å². The van der Waals surface area contributed by atoms with E-state index in [-0.39, 0.29) is 0 Å². The Labute approximate surface area is 79.6 Å². The van der Waals surface area contributed by atoms with Crippen molar-refractivity contribution in [3.63, 3.8) is 0 Å². The topological polar surface area (TPSA) is 44.5 Å². The second kappa shape index (κ2) is 3.95. The third kappa shape index (κ3) is 2.03. The highest BCUT2D eigenvalue weighted by Gasteiger charge is 2.39. The van der Waals surface area contributed by atoms with Crippen LogP contribution in [-0.2, 0) is 9.47 Å². The van der Waals surface area contributed by atoms with Gasteiger partial charge in [-0.3, -0.25) is 0 Å². The van der Waals surface area contributed by atoms with E-state index in [0.29, 0.717) is 5.41 Å². The van der Waals surface area contributed by atoms with Crippen molar-refractivity contribution in [3.8, 4) is 0 Å². The Balaban J connectivity index is 1.81. The van der Waals surface area contributed by atoms with Gasteiger partial charge >= 0.3 is 0 Å². The largest absolute Gasteiger partial charge is 0.381 e. The van der Waals surface area contributed by atoms with E-state index in [1.165, 1.54) is 19.3 Å². The maximum Gasteiger partial charge on any atom is 0.0557 e. The molecule has 0 aromatic rings. The number of hydrogen-bond donors (Lipinski definition) is 1. The molecule has 0 aliphatic carbocycles. The van der Waals surface area contributed by atoms with Gasteiger partial charge in [0.25, 0.3) is 0 Å². The molecule has 2 aliphatic heterocycles. The second-order valence-electron chi connectivity index (χ2n) is 4.46. The monoisotopic (exact) mass is 185 g/mol. The van der Waals surface area contributed by atoms with Gasteiger partial charge < -0.3 is 15.2 Å². The molecule has 2 N–H and O–H groups in total. The van der Waals surface area contributed by atoms with Crippen LogP contribution in [0.3, 0.4) is 0 Å². The lowest BCUT2D eigenvalue weighted by molar-refractivity contribution is -0.123. The molecule has 0 saturated carbocycles. The quantitative estimate of drug-likeness (QED) is 0.706. The van der Waals surface area contributed by atoms with Crippen molar-refractivity contribution >= 4 is 0 Å². The van der Waals surface area contributed by atoms with Gasteiger partial charge in [-0.1, -0.05) is 0 Å². The van der Waals surface area contributed by atoms with Gasteiger partial charge in [-0.05, 0) is 25.2 Å². The maximum absolute atomic E-state index is 5.77. The van der Waals surface area contributed by atoms with E-state index in [1.807, 2.05) is 0 Å². The van der Waals surface area contributed by atoms with Crippen LogP contribution in [0.4, 0.5) is 0 Å². The Bertz CT molecular complexity index is 157. The van der Waals surface area contributed by atoms with E-state index < -0.39 is 0 Å². The van der Waals surface area contributed by atoms with E-state index in [0.717, 1.165) is 38.9 Å². The fraction of sp³-hybridized carbons (Fsp3) is 1.00. The van der Waals surface area contributed by atoms with Crippen LogP contribution in [0.2, 0.25) is 0 Å². The summed E-state index contributed by atoms with van der Waals surface area (Å²) in [5.74, 6) is 0.821. The van der Waals surface area contributed by atoms with Gasteiger partial charge in [-0.25, -0.2) is 0 Å². The highest BCUT2D eigenvalue weighted by molar-refractivity contribution is 4.89. The summed E-state index contributed by atoms with van der Waals surface area (Å²) in [6, 6.07) is 0. The minimum absolute atomic E-state index is 0.321. The Morgan fingerprint density at radius 2 is 1.85 bits per heavy atom. The van der Waals surface area contributed by atoms with Crippen molar-refractivity contribution in [1.29, 1.82) is 0 Å². The average Bonchev–Trinajstić information content (AvgIpc) is 2.13. The summed E-state index contributed by atoms with van der Waals surface area (Å²) >= 11 is 0. The van der Waals surface area contributed by atoms with Crippen LogP contribution in [0.5, 0.6) is 0 Å². The molecule has 0 atom stereocenters. The third-order valence-electron chi connectivity index (χ3n) is 3.31. The minimum Gasteiger partial charge on any atom is -0.381 e. The van der Waals surface area contributed by atoms with Crippen LogP contribution in [-0.4, -0.2) is 33.0 Å². The van der Waals surface area contributed by atoms with Gasteiger partial charge in [-0.2, -0.15) is 0 Å². The molecule has 0 aromatic carbocycles.